The normalized spacial score (nSPS) is 14.0. The van der Waals surface area contributed by atoms with Crippen LogP contribution in [0.4, 0.5) is 11.4 Å². The minimum absolute atomic E-state index is 0.0446. The lowest BCUT2D eigenvalue weighted by Gasteiger charge is -2.46. The average molecular weight is 298 g/mol. The fourth-order valence-electron chi connectivity index (χ4n) is 2.23. The Balaban J connectivity index is 2.28. The van der Waals surface area contributed by atoms with E-state index in [-0.39, 0.29) is 22.8 Å². The monoisotopic (exact) mass is 297 g/mol. The minimum atomic E-state index is -0.281. The van der Waals surface area contributed by atoms with Crippen molar-refractivity contribution in [3.8, 4) is 6.07 Å². The van der Waals surface area contributed by atoms with Crippen LogP contribution in [0, 0.1) is 21.7 Å². The van der Waals surface area contributed by atoms with Crippen molar-refractivity contribution in [3.63, 3.8) is 0 Å². The van der Waals surface area contributed by atoms with Crippen molar-refractivity contribution < 1.29 is 0 Å². The first-order chi connectivity index (χ1) is 10.1. The number of anilines is 2. The Kier molecular flexibility index (Phi) is 3.28. The number of nitrogens with zero attached hydrogens (tertiary/aromatic N) is 3. The van der Waals surface area contributed by atoms with Crippen molar-refractivity contribution in [2.45, 2.75) is 0 Å². The van der Waals surface area contributed by atoms with Gasteiger partial charge in [0.15, 0.2) is 0 Å². The number of halogens is 1. The van der Waals surface area contributed by atoms with E-state index in [1.165, 1.54) is 12.1 Å². The fourth-order valence-corrected chi connectivity index (χ4v) is 2.45. The van der Waals surface area contributed by atoms with E-state index in [0.717, 1.165) is 0 Å². The molecular formula is C15H8ClN3O2-2. The van der Waals surface area contributed by atoms with Crippen molar-refractivity contribution in [2.75, 3.05) is 10.1 Å². The van der Waals surface area contributed by atoms with Crippen molar-refractivity contribution in [1.82, 2.24) is 0 Å². The van der Waals surface area contributed by atoms with Crippen LogP contribution in [-0.4, -0.2) is 0 Å². The highest BCUT2D eigenvalue weighted by molar-refractivity contribution is 6.32. The standard InChI is InChI=1S/C15H8ClN3O2/c16-11-6-2-1-5-10(11)15-14(9-17)18(20)12-7-3-4-8-13(12)19(15)21/h1-8H/q-2. The molecule has 6 heteroatoms. The summed E-state index contributed by atoms with van der Waals surface area (Å²) in [5.74, 6) is 0. The molecule has 0 amide bonds. The Bertz CT molecular complexity index is 782. The Labute approximate surface area is 126 Å². The molecule has 5 nitrogen and oxygen atoms in total. The summed E-state index contributed by atoms with van der Waals surface area (Å²) in [6, 6.07) is 14.7. The van der Waals surface area contributed by atoms with Gasteiger partial charge in [0.25, 0.3) is 0 Å². The van der Waals surface area contributed by atoms with E-state index in [9.17, 15) is 15.7 Å². The van der Waals surface area contributed by atoms with E-state index < -0.39 is 0 Å². The molecule has 0 atom stereocenters. The van der Waals surface area contributed by atoms with Gasteiger partial charge >= 0.3 is 0 Å². The molecule has 0 saturated heterocycles. The third kappa shape index (κ3) is 2.03. The lowest BCUT2D eigenvalue weighted by Crippen LogP contribution is -2.29. The summed E-state index contributed by atoms with van der Waals surface area (Å²) in [7, 11) is 0. The number of para-hydroxylation sites is 2. The molecular weight excluding hydrogens is 290 g/mol. The quantitative estimate of drug-likeness (QED) is 0.799. The molecule has 104 valence electrons. The van der Waals surface area contributed by atoms with E-state index in [1.54, 1.807) is 42.5 Å². The van der Waals surface area contributed by atoms with Gasteiger partial charge in [-0.2, -0.15) is 5.26 Å². The third-order valence-corrected chi connectivity index (χ3v) is 3.51. The Morgan fingerprint density at radius 1 is 0.905 bits per heavy atom. The summed E-state index contributed by atoms with van der Waals surface area (Å²) in [6.45, 7) is 0. The van der Waals surface area contributed by atoms with E-state index in [4.69, 9.17) is 11.6 Å². The summed E-state index contributed by atoms with van der Waals surface area (Å²) in [4.78, 5) is 0. The van der Waals surface area contributed by atoms with Crippen molar-refractivity contribution in [3.05, 3.63) is 75.2 Å². The smallest absolute Gasteiger partial charge is 0.133 e. The lowest BCUT2D eigenvalue weighted by atomic mass is 10.1. The molecule has 0 aromatic heterocycles. The minimum Gasteiger partial charge on any atom is -0.754 e. The zero-order valence-electron chi connectivity index (χ0n) is 10.7. The fraction of sp³-hybridized carbons (Fsp3) is 0. The first kappa shape index (κ1) is 13.5. The largest absolute Gasteiger partial charge is 0.754 e. The predicted octanol–water partition coefficient (Wildman–Crippen LogP) is 3.85. The highest BCUT2D eigenvalue weighted by Gasteiger charge is 2.23. The van der Waals surface area contributed by atoms with Gasteiger partial charge in [-0.15, -0.1) is 0 Å². The maximum atomic E-state index is 12.6. The van der Waals surface area contributed by atoms with Crippen LogP contribution in [0.25, 0.3) is 5.70 Å². The molecule has 0 spiro atoms. The molecule has 1 aliphatic rings. The zero-order chi connectivity index (χ0) is 15.0. The number of allylic oxidation sites excluding steroid dienone is 1. The second-order valence-corrected chi connectivity index (χ2v) is 4.77. The third-order valence-electron chi connectivity index (χ3n) is 3.18. The van der Waals surface area contributed by atoms with E-state index in [2.05, 4.69) is 0 Å². The maximum absolute atomic E-state index is 12.6. The van der Waals surface area contributed by atoms with Crippen molar-refractivity contribution in [1.29, 1.82) is 5.26 Å². The number of hydroxylamine groups is 2. The topological polar surface area (TPSA) is 76.4 Å². The van der Waals surface area contributed by atoms with Gasteiger partial charge in [0.2, 0.25) is 0 Å². The van der Waals surface area contributed by atoms with Crippen LogP contribution < -0.4 is 10.1 Å². The van der Waals surface area contributed by atoms with Gasteiger partial charge in [0.05, 0.1) is 17.1 Å². The SMILES string of the molecule is N#CC1=C(c2ccccc2Cl)N([O-])c2ccccc2N1[O-]. The number of fused-ring (bicyclic) bond motifs is 1. The Hall–Kier alpha value is -2.52. The van der Waals surface area contributed by atoms with Gasteiger partial charge in [0, 0.05) is 10.6 Å². The van der Waals surface area contributed by atoms with Crippen LogP contribution in [0.5, 0.6) is 0 Å². The van der Waals surface area contributed by atoms with Gasteiger partial charge in [-0.3, -0.25) is 0 Å². The number of nitriles is 1. The molecule has 1 heterocycles. The van der Waals surface area contributed by atoms with Gasteiger partial charge in [-0.25, -0.2) is 0 Å². The first-order valence-corrected chi connectivity index (χ1v) is 6.45. The molecule has 0 N–H and O–H groups in total. The lowest BCUT2D eigenvalue weighted by molar-refractivity contribution is 1.13. The molecule has 1 aliphatic heterocycles. The maximum Gasteiger partial charge on any atom is 0.133 e. The predicted molar refractivity (Wildman–Crippen MR) is 82.1 cm³/mol. The number of benzene rings is 2. The second kappa shape index (κ2) is 5.11. The first-order valence-electron chi connectivity index (χ1n) is 6.08. The van der Waals surface area contributed by atoms with Gasteiger partial charge in [-0.05, 0) is 18.2 Å². The molecule has 2 aromatic carbocycles. The van der Waals surface area contributed by atoms with Gasteiger partial charge < -0.3 is 20.5 Å². The highest BCUT2D eigenvalue weighted by Crippen LogP contribution is 2.43. The average Bonchev–Trinajstić information content (AvgIpc) is 2.51. The Morgan fingerprint density at radius 3 is 2.10 bits per heavy atom. The van der Waals surface area contributed by atoms with Crippen molar-refractivity contribution >= 4 is 28.7 Å². The van der Waals surface area contributed by atoms with Crippen LogP contribution in [0.2, 0.25) is 5.02 Å². The summed E-state index contributed by atoms with van der Waals surface area (Å²) >= 11 is 6.09. The number of hydrogen-bond acceptors (Lipinski definition) is 5. The summed E-state index contributed by atoms with van der Waals surface area (Å²) < 4.78 is 0. The molecule has 3 rings (SSSR count). The number of rotatable bonds is 1. The van der Waals surface area contributed by atoms with Crippen LogP contribution >= 0.6 is 11.6 Å². The molecule has 0 aliphatic carbocycles. The molecule has 0 radical (unpaired) electrons. The molecule has 0 saturated carbocycles. The van der Waals surface area contributed by atoms with Crippen LogP contribution in [-0.2, 0) is 0 Å². The molecule has 0 unspecified atom stereocenters. The van der Waals surface area contributed by atoms with Crippen LogP contribution in [0.3, 0.4) is 0 Å². The highest BCUT2D eigenvalue weighted by atomic mass is 35.5. The van der Waals surface area contributed by atoms with E-state index in [1.807, 2.05) is 0 Å². The second-order valence-electron chi connectivity index (χ2n) is 4.37. The molecule has 0 bridgehead atoms. The zero-order valence-corrected chi connectivity index (χ0v) is 11.4. The summed E-state index contributed by atoms with van der Waals surface area (Å²) in [5.41, 5.74) is 0.343. The van der Waals surface area contributed by atoms with E-state index in [0.29, 0.717) is 20.7 Å². The van der Waals surface area contributed by atoms with Crippen LogP contribution in [0.1, 0.15) is 5.56 Å². The van der Waals surface area contributed by atoms with E-state index >= 15 is 0 Å². The number of hydrogen-bond donors (Lipinski definition) is 0. The van der Waals surface area contributed by atoms with Gasteiger partial charge in [-0.1, -0.05) is 41.9 Å². The molecule has 0 fully saturated rings. The molecule has 2 aromatic rings. The summed E-state index contributed by atoms with van der Waals surface area (Å²) in [6.07, 6.45) is 0. The van der Waals surface area contributed by atoms with Crippen LogP contribution in [0.15, 0.2) is 54.2 Å². The van der Waals surface area contributed by atoms with Gasteiger partial charge in [0.1, 0.15) is 11.8 Å². The molecule has 21 heavy (non-hydrogen) atoms. The summed E-state index contributed by atoms with van der Waals surface area (Å²) in [5, 5.41) is 35.5. The Morgan fingerprint density at radius 2 is 1.48 bits per heavy atom. The van der Waals surface area contributed by atoms with Crippen molar-refractivity contribution in [2.24, 2.45) is 0 Å².